The molecule has 0 N–H and O–H groups in total. The highest BCUT2D eigenvalue weighted by Gasteiger charge is 2.17. The minimum atomic E-state index is 0.871. The summed E-state index contributed by atoms with van der Waals surface area (Å²) in [6, 6.07) is 60.6. The Morgan fingerprint density at radius 1 is 0.466 bits per heavy atom. The molecule has 0 spiro atoms. The van der Waals surface area contributed by atoms with E-state index in [0.29, 0.717) is 0 Å². The van der Waals surface area contributed by atoms with Crippen molar-refractivity contribution in [3.8, 4) is 51.4 Å². The fraction of sp³-hybridized carbons (Fsp3) is 0.0182. The Morgan fingerprint density at radius 2 is 1.03 bits per heavy atom. The summed E-state index contributed by atoms with van der Waals surface area (Å²) in [7, 11) is 0. The number of hydrogen-bond donors (Lipinski definition) is 0. The molecule has 3 nitrogen and oxygen atoms in total. The van der Waals surface area contributed by atoms with Crippen LogP contribution in [0.25, 0.3) is 110 Å². The van der Waals surface area contributed by atoms with Gasteiger partial charge in [0.05, 0.1) is 11.0 Å². The van der Waals surface area contributed by atoms with Crippen molar-refractivity contribution >= 4 is 71.3 Å². The second-order valence-electron chi connectivity index (χ2n) is 14.8. The van der Waals surface area contributed by atoms with Crippen molar-refractivity contribution in [2.24, 2.45) is 0 Å². The molecule has 58 heavy (non-hydrogen) atoms. The molecule has 3 aromatic heterocycles. The van der Waals surface area contributed by atoms with Crippen LogP contribution >= 0.6 is 0 Å². The second-order valence-corrected chi connectivity index (χ2v) is 14.8. The van der Waals surface area contributed by atoms with Gasteiger partial charge < -0.3 is 13.4 Å². The maximum absolute atomic E-state index is 6.41. The fourth-order valence-corrected chi connectivity index (χ4v) is 8.65. The first-order valence-corrected chi connectivity index (χ1v) is 19.6. The van der Waals surface area contributed by atoms with Gasteiger partial charge >= 0.3 is 0 Å². The topological polar surface area (TPSA) is 31.2 Å². The Bertz CT molecular complexity index is 3530. The molecule has 0 fully saturated rings. The van der Waals surface area contributed by atoms with E-state index in [1.165, 1.54) is 10.8 Å². The lowest BCUT2D eigenvalue weighted by Crippen LogP contribution is -1.93. The van der Waals surface area contributed by atoms with E-state index in [9.17, 15) is 0 Å². The van der Waals surface area contributed by atoms with Gasteiger partial charge in [0.15, 0.2) is 0 Å². The van der Waals surface area contributed by atoms with E-state index >= 15 is 0 Å². The van der Waals surface area contributed by atoms with Crippen LogP contribution in [0.15, 0.2) is 197 Å². The van der Waals surface area contributed by atoms with Crippen molar-refractivity contribution in [1.82, 2.24) is 4.57 Å². The maximum atomic E-state index is 6.41. The van der Waals surface area contributed by atoms with Gasteiger partial charge in [0.2, 0.25) is 0 Å². The quantitative estimate of drug-likeness (QED) is 0.126. The molecule has 0 atom stereocenters. The predicted octanol–water partition coefficient (Wildman–Crippen LogP) is 15.2. The number of furan rings is 2. The van der Waals surface area contributed by atoms with Gasteiger partial charge in [0, 0.05) is 38.0 Å². The number of para-hydroxylation sites is 2. The number of rotatable bonds is 6. The smallest absolute Gasteiger partial charge is 0.135 e. The van der Waals surface area contributed by atoms with Crippen molar-refractivity contribution in [3.05, 3.63) is 194 Å². The molecule has 0 aliphatic heterocycles. The minimum Gasteiger partial charge on any atom is -0.456 e. The molecule has 0 saturated carbocycles. The molecule has 0 aliphatic rings. The summed E-state index contributed by atoms with van der Waals surface area (Å²) in [6.45, 7) is 2.05. The van der Waals surface area contributed by atoms with Gasteiger partial charge in [0.1, 0.15) is 22.3 Å². The number of hydrogen-bond acceptors (Lipinski definition) is 2. The molecule has 8 aromatic carbocycles. The summed E-state index contributed by atoms with van der Waals surface area (Å²) in [4.78, 5) is 0. The summed E-state index contributed by atoms with van der Waals surface area (Å²) in [5.74, 6) is 2.63. The van der Waals surface area contributed by atoms with Crippen LogP contribution in [0.5, 0.6) is 0 Å². The lowest BCUT2D eigenvalue weighted by molar-refractivity contribution is 0.668. The zero-order valence-corrected chi connectivity index (χ0v) is 31.7. The van der Waals surface area contributed by atoms with Gasteiger partial charge in [-0.15, -0.1) is 6.42 Å². The van der Waals surface area contributed by atoms with Crippen molar-refractivity contribution in [2.45, 2.75) is 6.92 Å². The Hall–Kier alpha value is -7.80. The summed E-state index contributed by atoms with van der Waals surface area (Å²) in [5.41, 5.74) is 16.1. The van der Waals surface area contributed by atoms with Crippen LogP contribution in [0.2, 0.25) is 0 Å². The average Bonchev–Trinajstić information content (AvgIpc) is 3.95. The first-order valence-electron chi connectivity index (χ1n) is 19.6. The molecule has 272 valence electrons. The van der Waals surface area contributed by atoms with E-state index in [0.717, 1.165) is 105 Å². The van der Waals surface area contributed by atoms with Crippen LogP contribution in [-0.4, -0.2) is 4.57 Å². The van der Waals surface area contributed by atoms with Crippen LogP contribution in [0.4, 0.5) is 0 Å². The van der Waals surface area contributed by atoms with Crippen molar-refractivity contribution in [3.63, 3.8) is 0 Å². The molecule has 0 radical (unpaired) electrons. The molecule has 11 rings (SSSR count). The van der Waals surface area contributed by atoms with Crippen LogP contribution in [-0.2, 0) is 0 Å². The summed E-state index contributed by atoms with van der Waals surface area (Å²) in [5, 5.41) is 6.84. The first-order chi connectivity index (χ1) is 28.6. The molecule has 0 unspecified atom stereocenters. The highest BCUT2D eigenvalue weighted by molar-refractivity contribution is 6.12. The van der Waals surface area contributed by atoms with Gasteiger partial charge in [-0.05, 0) is 142 Å². The van der Waals surface area contributed by atoms with E-state index in [2.05, 4.69) is 174 Å². The Morgan fingerprint density at radius 3 is 1.69 bits per heavy atom. The van der Waals surface area contributed by atoms with E-state index in [4.69, 9.17) is 15.3 Å². The van der Waals surface area contributed by atoms with Gasteiger partial charge in [-0.3, -0.25) is 0 Å². The summed E-state index contributed by atoms with van der Waals surface area (Å²) < 4.78 is 14.9. The molecule has 11 aromatic rings. The van der Waals surface area contributed by atoms with E-state index in [1.807, 2.05) is 25.1 Å². The van der Waals surface area contributed by atoms with Crippen LogP contribution in [0.1, 0.15) is 12.5 Å². The monoisotopic (exact) mass is 741 g/mol. The SMILES string of the molecule is C#C/C=C\C(=C/C)c1ccc2c(c1)c1ccc(-c3ccc4oc5ccc(-c6cccc(-c7ccc8oc9ccccc9c8c7)c6)cc5c4c3)cc1n2-c1ccccc1. The van der Waals surface area contributed by atoms with E-state index < -0.39 is 0 Å². The average molecular weight is 742 g/mol. The highest BCUT2D eigenvalue weighted by Crippen LogP contribution is 2.40. The van der Waals surface area contributed by atoms with Crippen molar-refractivity contribution < 1.29 is 8.83 Å². The Labute approximate surface area is 335 Å². The van der Waals surface area contributed by atoms with Crippen molar-refractivity contribution in [1.29, 1.82) is 0 Å². The summed E-state index contributed by atoms with van der Waals surface area (Å²) in [6.07, 6.45) is 11.4. The van der Waals surface area contributed by atoms with Gasteiger partial charge in [-0.1, -0.05) is 103 Å². The minimum absolute atomic E-state index is 0.871. The Kier molecular flexibility index (Phi) is 7.77. The third-order valence-electron chi connectivity index (χ3n) is 11.5. The number of benzene rings is 8. The molecular weight excluding hydrogens is 707 g/mol. The number of fused-ring (bicyclic) bond motifs is 9. The summed E-state index contributed by atoms with van der Waals surface area (Å²) >= 11 is 0. The largest absolute Gasteiger partial charge is 0.456 e. The van der Waals surface area contributed by atoms with Crippen LogP contribution in [0, 0.1) is 12.3 Å². The van der Waals surface area contributed by atoms with Crippen molar-refractivity contribution in [2.75, 3.05) is 0 Å². The van der Waals surface area contributed by atoms with Gasteiger partial charge in [0.25, 0.3) is 0 Å². The van der Waals surface area contributed by atoms with Crippen LogP contribution < -0.4 is 0 Å². The zero-order chi connectivity index (χ0) is 38.7. The predicted molar refractivity (Wildman–Crippen MR) is 243 cm³/mol. The molecule has 0 bridgehead atoms. The number of allylic oxidation sites excluding steroid dienone is 4. The molecule has 0 saturated heterocycles. The number of nitrogens with zero attached hydrogens (tertiary/aromatic N) is 1. The van der Waals surface area contributed by atoms with Gasteiger partial charge in [-0.25, -0.2) is 0 Å². The Balaban J connectivity index is 1.01. The molecule has 3 heteroatoms. The zero-order valence-electron chi connectivity index (χ0n) is 31.7. The van der Waals surface area contributed by atoms with E-state index in [1.54, 1.807) is 6.08 Å². The van der Waals surface area contributed by atoms with Crippen LogP contribution in [0.3, 0.4) is 0 Å². The fourth-order valence-electron chi connectivity index (χ4n) is 8.65. The lowest BCUT2D eigenvalue weighted by atomic mass is 9.96. The third kappa shape index (κ3) is 5.46. The number of terminal acetylenes is 1. The lowest BCUT2D eigenvalue weighted by Gasteiger charge is -2.09. The second kappa shape index (κ2) is 13.4. The van der Waals surface area contributed by atoms with E-state index in [-0.39, 0.29) is 0 Å². The first kappa shape index (κ1) is 33.5. The normalized spacial score (nSPS) is 12.2. The maximum Gasteiger partial charge on any atom is 0.135 e. The standard InChI is InChI=1S/C55H35NO2/c1-3-5-12-35(4-2)38-20-25-50-46(30-38)44-24-19-42(34-51(44)56(50)43-15-7-6-8-16-43)41-23-28-55-49(33-41)48-32-40(22-27-54(48)58-55)37-14-11-13-36(29-37)39-21-26-53-47(31-39)45-17-9-10-18-52(45)57-53/h1,4-34H,2H3/b12-5-,35-4+. The molecule has 0 aliphatic carbocycles. The van der Waals surface area contributed by atoms with Gasteiger partial charge in [-0.2, -0.15) is 0 Å². The third-order valence-corrected chi connectivity index (χ3v) is 11.5. The molecule has 3 heterocycles. The molecule has 0 amide bonds. The number of aromatic nitrogens is 1. The highest BCUT2D eigenvalue weighted by atomic mass is 16.3. The molecular formula is C55H35NO2.